The van der Waals surface area contributed by atoms with Crippen LogP contribution in [0.3, 0.4) is 0 Å². The molecule has 1 aliphatic carbocycles. The SMILES string of the molecule is CCOC(=O)CCNC1CC(c2ccccc2Br)C1. The summed E-state index contributed by atoms with van der Waals surface area (Å²) in [5.74, 6) is 0.521. The summed E-state index contributed by atoms with van der Waals surface area (Å²) in [6.07, 6.45) is 2.75. The maximum Gasteiger partial charge on any atom is 0.307 e. The second-order valence-electron chi connectivity index (χ2n) is 4.90. The lowest BCUT2D eigenvalue weighted by molar-refractivity contribution is -0.143. The quantitative estimate of drug-likeness (QED) is 0.816. The maximum atomic E-state index is 11.2. The van der Waals surface area contributed by atoms with E-state index in [1.807, 2.05) is 13.0 Å². The van der Waals surface area contributed by atoms with Crippen molar-refractivity contribution in [1.82, 2.24) is 5.32 Å². The molecule has 0 bridgehead atoms. The van der Waals surface area contributed by atoms with Gasteiger partial charge < -0.3 is 10.1 Å². The molecule has 19 heavy (non-hydrogen) atoms. The Morgan fingerprint density at radius 1 is 1.42 bits per heavy atom. The van der Waals surface area contributed by atoms with Gasteiger partial charge in [0.2, 0.25) is 0 Å². The molecular formula is C15H20BrNO2. The first kappa shape index (κ1) is 14.5. The monoisotopic (exact) mass is 325 g/mol. The summed E-state index contributed by atoms with van der Waals surface area (Å²) >= 11 is 3.60. The van der Waals surface area contributed by atoms with Gasteiger partial charge in [0.1, 0.15) is 0 Å². The molecule has 1 aliphatic rings. The van der Waals surface area contributed by atoms with E-state index < -0.39 is 0 Å². The minimum absolute atomic E-state index is 0.114. The first-order valence-electron chi connectivity index (χ1n) is 6.84. The number of ether oxygens (including phenoxy) is 1. The fraction of sp³-hybridized carbons (Fsp3) is 0.533. The van der Waals surface area contributed by atoms with Crippen molar-refractivity contribution in [3.8, 4) is 0 Å². The molecule has 0 amide bonds. The number of esters is 1. The van der Waals surface area contributed by atoms with Crippen LogP contribution >= 0.6 is 15.9 Å². The summed E-state index contributed by atoms with van der Waals surface area (Å²) in [7, 11) is 0. The summed E-state index contributed by atoms with van der Waals surface area (Å²) < 4.78 is 6.10. The smallest absolute Gasteiger partial charge is 0.307 e. The van der Waals surface area contributed by atoms with Gasteiger partial charge in [-0.25, -0.2) is 0 Å². The third-order valence-electron chi connectivity index (χ3n) is 3.55. The lowest BCUT2D eigenvalue weighted by Gasteiger charge is -2.36. The van der Waals surface area contributed by atoms with Gasteiger partial charge in [0.25, 0.3) is 0 Å². The predicted octanol–water partition coefficient (Wildman–Crippen LogP) is 3.24. The average Bonchev–Trinajstić information content (AvgIpc) is 2.34. The summed E-state index contributed by atoms with van der Waals surface area (Å²) in [5, 5.41) is 3.41. The molecule has 2 rings (SSSR count). The number of carbonyl (C=O) groups excluding carboxylic acids is 1. The molecule has 0 atom stereocenters. The predicted molar refractivity (Wildman–Crippen MR) is 79.2 cm³/mol. The molecule has 1 N–H and O–H groups in total. The zero-order valence-electron chi connectivity index (χ0n) is 11.2. The zero-order valence-corrected chi connectivity index (χ0v) is 12.8. The van der Waals surface area contributed by atoms with Crippen LogP contribution < -0.4 is 5.32 Å². The van der Waals surface area contributed by atoms with Gasteiger partial charge in [-0.15, -0.1) is 0 Å². The number of carbonyl (C=O) groups is 1. The molecule has 0 unspecified atom stereocenters. The highest BCUT2D eigenvalue weighted by Crippen LogP contribution is 2.39. The minimum Gasteiger partial charge on any atom is -0.466 e. The standard InChI is InChI=1S/C15H20BrNO2/c1-2-19-15(18)7-8-17-12-9-11(10-12)13-5-3-4-6-14(13)16/h3-6,11-12,17H,2,7-10H2,1H3. The van der Waals surface area contributed by atoms with Crippen LogP contribution in [-0.4, -0.2) is 25.2 Å². The number of benzene rings is 1. The minimum atomic E-state index is -0.114. The first-order chi connectivity index (χ1) is 9.20. The lowest BCUT2D eigenvalue weighted by atomic mass is 9.76. The second-order valence-corrected chi connectivity index (χ2v) is 5.75. The Hall–Kier alpha value is -0.870. The van der Waals surface area contributed by atoms with E-state index in [1.165, 1.54) is 10.0 Å². The molecular weight excluding hydrogens is 306 g/mol. The van der Waals surface area contributed by atoms with E-state index in [1.54, 1.807) is 0 Å². The van der Waals surface area contributed by atoms with E-state index >= 15 is 0 Å². The second kappa shape index (κ2) is 7.06. The number of hydrogen-bond acceptors (Lipinski definition) is 3. The van der Waals surface area contributed by atoms with Gasteiger partial charge in [-0.2, -0.15) is 0 Å². The van der Waals surface area contributed by atoms with Crippen LogP contribution in [0.25, 0.3) is 0 Å². The molecule has 1 saturated carbocycles. The Morgan fingerprint density at radius 2 is 2.16 bits per heavy atom. The first-order valence-corrected chi connectivity index (χ1v) is 7.63. The van der Waals surface area contributed by atoms with Crippen LogP contribution in [0.4, 0.5) is 0 Å². The topological polar surface area (TPSA) is 38.3 Å². The van der Waals surface area contributed by atoms with Crippen molar-refractivity contribution in [1.29, 1.82) is 0 Å². The van der Waals surface area contributed by atoms with Crippen LogP contribution in [0.15, 0.2) is 28.7 Å². The number of nitrogens with one attached hydrogen (secondary N) is 1. The van der Waals surface area contributed by atoms with Gasteiger partial charge in [-0.05, 0) is 37.3 Å². The molecule has 0 radical (unpaired) electrons. The van der Waals surface area contributed by atoms with Crippen molar-refractivity contribution in [2.75, 3.05) is 13.2 Å². The number of hydrogen-bond donors (Lipinski definition) is 1. The Bertz CT molecular complexity index is 430. The van der Waals surface area contributed by atoms with E-state index in [4.69, 9.17) is 4.74 Å². The molecule has 104 valence electrons. The van der Waals surface area contributed by atoms with Gasteiger partial charge in [-0.3, -0.25) is 4.79 Å². The third-order valence-corrected chi connectivity index (χ3v) is 4.27. The fourth-order valence-electron chi connectivity index (χ4n) is 2.46. The van der Waals surface area contributed by atoms with Crippen molar-refractivity contribution < 1.29 is 9.53 Å². The van der Waals surface area contributed by atoms with Crippen molar-refractivity contribution in [2.24, 2.45) is 0 Å². The number of halogens is 1. The van der Waals surface area contributed by atoms with Crippen molar-refractivity contribution in [2.45, 2.75) is 38.1 Å². The van der Waals surface area contributed by atoms with Crippen LogP contribution in [0.2, 0.25) is 0 Å². The van der Waals surface area contributed by atoms with Gasteiger partial charge in [0.15, 0.2) is 0 Å². The highest BCUT2D eigenvalue weighted by atomic mass is 79.9. The van der Waals surface area contributed by atoms with Gasteiger partial charge >= 0.3 is 5.97 Å². The third kappa shape index (κ3) is 4.05. The Morgan fingerprint density at radius 3 is 2.84 bits per heavy atom. The van der Waals surface area contributed by atoms with Gasteiger partial charge in [0.05, 0.1) is 13.0 Å². The normalized spacial score (nSPS) is 21.8. The van der Waals surface area contributed by atoms with Crippen molar-refractivity contribution in [3.05, 3.63) is 34.3 Å². The maximum absolute atomic E-state index is 11.2. The summed E-state index contributed by atoms with van der Waals surface area (Å²) in [5.41, 5.74) is 1.39. The summed E-state index contributed by atoms with van der Waals surface area (Å²) in [6.45, 7) is 3.01. The summed E-state index contributed by atoms with van der Waals surface area (Å²) in [4.78, 5) is 11.2. The molecule has 1 aromatic rings. The van der Waals surface area contributed by atoms with E-state index in [9.17, 15) is 4.79 Å². The molecule has 0 spiro atoms. The lowest BCUT2D eigenvalue weighted by Crippen LogP contribution is -2.41. The van der Waals surface area contributed by atoms with Gasteiger partial charge in [-0.1, -0.05) is 34.1 Å². The van der Waals surface area contributed by atoms with E-state index in [-0.39, 0.29) is 5.97 Å². The number of rotatable bonds is 6. The zero-order chi connectivity index (χ0) is 13.7. The highest BCUT2D eigenvalue weighted by molar-refractivity contribution is 9.10. The molecule has 3 nitrogen and oxygen atoms in total. The summed E-state index contributed by atoms with van der Waals surface area (Å²) in [6, 6.07) is 8.94. The van der Waals surface area contributed by atoms with Crippen LogP contribution in [0.5, 0.6) is 0 Å². The van der Waals surface area contributed by atoms with Crippen LogP contribution in [0, 0.1) is 0 Å². The molecule has 4 heteroatoms. The van der Waals surface area contributed by atoms with E-state index in [0.717, 1.165) is 12.8 Å². The highest BCUT2D eigenvalue weighted by Gasteiger charge is 2.30. The van der Waals surface area contributed by atoms with Crippen molar-refractivity contribution >= 4 is 21.9 Å². The van der Waals surface area contributed by atoms with Crippen molar-refractivity contribution in [3.63, 3.8) is 0 Å². The van der Waals surface area contributed by atoms with E-state index in [0.29, 0.717) is 31.5 Å². The molecule has 1 fully saturated rings. The molecule has 0 aliphatic heterocycles. The molecule has 0 heterocycles. The van der Waals surface area contributed by atoms with Crippen LogP contribution in [0.1, 0.15) is 37.7 Å². The van der Waals surface area contributed by atoms with Gasteiger partial charge in [0, 0.05) is 17.1 Å². The van der Waals surface area contributed by atoms with Crippen LogP contribution in [-0.2, 0) is 9.53 Å². The molecule has 1 aromatic carbocycles. The Kier molecular flexibility index (Phi) is 5.40. The molecule has 0 saturated heterocycles. The fourth-order valence-corrected chi connectivity index (χ4v) is 3.06. The Labute approximate surface area is 122 Å². The Balaban J connectivity index is 1.67. The molecule has 0 aromatic heterocycles. The average molecular weight is 326 g/mol. The largest absolute Gasteiger partial charge is 0.466 e. The van der Waals surface area contributed by atoms with E-state index in [2.05, 4.69) is 39.4 Å².